The molecular formula is C20H25N3O4. The van der Waals surface area contributed by atoms with Gasteiger partial charge < -0.3 is 14.6 Å². The monoisotopic (exact) mass is 371 g/mol. The van der Waals surface area contributed by atoms with E-state index in [1.807, 2.05) is 31.2 Å². The summed E-state index contributed by atoms with van der Waals surface area (Å²) in [7, 11) is 0. The number of rotatable bonds is 7. The van der Waals surface area contributed by atoms with Crippen LogP contribution in [0.15, 0.2) is 28.8 Å². The summed E-state index contributed by atoms with van der Waals surface area (Å²) in [4.78, 5) is 28.4. The van der Waals surface area contributed by atoms with Crippen molar-refractivity contribution in [2.75, 3.05) is 0 Å². The van der Waals surface area contributed by atoms with Crippen LogP contribution < -0.4 is 5.32 Å². The molecule has 1 aromatic heterocycles. The molecule has 1 aliphatic carbocycles. The number of ether oxygens (including phenoxy) is 1. The maximum absolute atomic E-state index is 12.1. The zero-order valence-corrected chi connectivity index (χ0v) is 15.7. The van der Waals surface area contributed by atoms with E-state index in [0.29, 0.717) is 11.7 Å². The molecule has 1 fully saturated rings. The second-order valence-corrected chi connectivity index (χ2v) is 7.00. The summed E-state index contributed by atoms with van der Waals surface area (Å²) in [5.41, 5.74) is 2.01. The van der Waals surface area contributed by atoms with Gasteiger partial charge in [0.15, 0.2) is 6.10 Å². The second-order valence-electron chi connectivity index (χ2n) is 7.00. The molecule has 2 aromatic rings. The van der Waals surface area contributed by atoms with E-state index in [2.05, 4.69) is 15.5 Å². The van der Waals surface area contributed by atoms with Crippen LogP contribution in [0.1, 0.15) is 50.5 Å². The predicted molar refractivity (Wildman–Crippen MR) is 98.7 cm³/mol. The van der Waals surface area contributed by atoms with Gasteiger partial charge in [0.1, 0.15) is 0 Å². The Morgan fingerprint density at radius 1 is 1.26 bits per heavy atom. The summed E-state index contributed by atoms with van der Waals surface area (Å²) < 4.78 is 10.4. The number of esters is 1. The molecule has 0 aliphatic heterocycles. The summed E-state index contributed by atoms with van der Waals surface area (Å²) in [5, 5.41) is 6.86. The van der Waals surface area contributed by atoms with Crippen molar-refractivity contribution < 1.29 is 18.8 Å². The van der Waals surface area contributed by atoms with Crippen LogP contribution in [0.3, 0.4) is 0 Å². The Labute approximate surface area is 158 Å². The van der Waals surface area contributed by atoms with Crippen molar-refractivity contribution in [1.29, 1.82) is 0 Å². The molecule has 1 aromatic carbocycles. The molecule has 0 saturated heterocycles. The van der Waals surface area contributed by atoms with E-state index in [9.17, 15) is 9.59 Å². The van der Waals surface area contributed by atoms with Gasteiger partial charge in [0.2, 0.25) is 11.7 Å². The van der Waals surface area contributed by atoms with Crippen LogP contribution in [0.4, 0.5) is 0 Å². The molecule has 27 heavy (non-hydrogen) atoms. The number of hydrogen-bond donors (Lipinski definition) is 1. The second kappa shape index (κ2) is 8.79. The molecule has 3 rings (SSSR count). The first-order valence-corrected chi connectivity index (χ1v) is 9.41. The van der Waals surface area contributed by atoms with Crippen LogP contribution in [0.5, 0.6) is 0 Å². The fraction of sp³-hybridized carbons (Fsp3) is 0.500. The first-order chi connectivity index (χ1) is 13.0. The highest BCUT2D eigenvalue weighted by Gasteiger charge is 2.23. The van der Waals surface area contributed by atoms with Crippen LogP contribution in [0, 0.1) is 6.92 Å². The fourth-order valence-corrected chi connectivity index (χ4v) is 3.08. The predicted octanol–water partition coefficient (Wildman–Crippen LogP) is 2.97. The van der Waals surface area contributed by atoms with Crippen molar-refractivity contribution in [3.8, 4) is 11.4 Å². The summed E-state index contributed by atoms with van der Waals surface area (Å²) in [6.07, 6.45) is 3.80. The lowest BCUT2D eigenvalue weighted by atomic mass is 10.1. The number of nitrogens with one attached hydrogen (secondary N) is 1. The third-order valence-corrected chi connectivity index (χ3v) is 4.70. The lowest BCUT2D eigenvalue weighted by Gasteiger charge is -2.16. The van der Waals surface area contributed by atoms with Gasteiger partial charge in [-0.15, -0.1) is 0 Å². The lowest BCUT2D eigenvalue weighted by Crippen LogP contribution is -2.40. The normalized spacial score (nSPS) is 15.5. The Hall–Kier alpha value is -2.70. The molecule has 1 saturated carbocycles. The molecule has 144 valence electrons. The minimum Gasteiger partial charge on any atom is -0.453 e. The first kappa shape index (κ1) is 19.1. The summed E-state index contributed by atoms with van der Waals surface area (Å²) in [6, 6.07) is 7.99. The standard InChI is InChI=1S/C20H25N3O4/c1-13-7-9-15(10-8-13)19-22-17(27-23-19)11-12-18(24)26-14(2)20(25)21-16-5-3-4-6-16/h7-10,14,16H,3-6,11-12H2,1-2H3,(H,21,25). The molecule has 0 bridgehead atoms. The Balaban J connectivity index is 1.44. The van der Waals surface area contributed by atoms with Crippen molar-refractivity contribution >= 4 is 11.9 Å². The molecule has 7 nitrogen and oxygen atoms in total. The van der Waals surface area contributed by atoms with Crippen molar-refractivity contribution in [2.24, 2.45) is 0 Å². The third-order valence-electron chi connectivity index (χ3n) is 4.70. The van der Waals surface area contributed by atoms with E-state index in [-0.39, 0.29) is 24.8 Å². The van der Waals surface area contributed by atoms with Gasteiger partial charge in [-0.3, -0.25) is 9.59 Å². The molecule has 7 heteroatoms. The van der Waals surface area contributed by atoms with Crippen molar-refractivity contribution in [3.63, 3.8) is 0 Å². The molecular weight excluding hydrogens is 346 g/mol. The van der Waals surface area contributed by atoms with E-state index >= 15 is 0 Å². The molecule has 1 unspecified atom stereocenters. The van der Waals surface area contributed by atoms with Crippen molar-refractivity contribution in [2.45, 2.75) is 64.5 Å². The fourth-order valence-electron chi connectivity index (χ4n) is 3.08. The molecule has 1 amide bonds. The van der Waals surface area contributed by atoms with E-state index in [1.165, 1.54) is 0 Å². The van der Waals surface area contributed by atoms with Gasteiger partial charge in [-0.1, -0.05) is 47.8 Å². The first-order valence-electron chi connectivity index (χ1n) is 9.41. The number of amides is 1. The maximum atomic E-state index is 12.1. The molecule has 0 spiro atoms. The number of hydrogen-bond acceptors (Lipinski definition) is 6. The van der Waals surface area contributed by atoms with Crippen LogP contribution in [0.25, 0.3) is 11.4 Å². The Morgan fingerprint density at radius 2 is 1.96 bits per heavy atom. The Kier molecular flexibility index (Phi) is 6.21. The number of benzene rings is 1. The number of nitrogens with zero attached hydrogens (tertiary/aromatic N) is 2. The van der Waals surface area contributed by atoms with E-state index < -0.39 is 12.1 Å². The van der Waals surface area contributed by atoms with Gasteiger partial charge in [0, 0.05) is 18.0 Å². The zero-order valence-electron chi connectivity index (χ0n) is 15.7. The molecule has 1 aliphatic rings. The van der Waals surface area contributed by atoms with Gasteiger partial charge in [0.05, 0.1) is 6.42 Å². The largest absolute Gasteiger partial charge is 0.453 e. The quantitative estimate of drug-likeness (QED) is 0.752. The van der Waals surface area contributed by atoms with Crippen LogP contribution >= 0.6 is 0 Å². The van der Waals surface area contributed by atoms with Crippen LogP contribution in [-0.4, -0.2) is 34.2 Å². The van der Waals surface area contributed by atoms with E-state index in [4.69, 9.17) is 9.26 Å². The van der Waals surface area contributed by atoms with Gasteiger partial charge >= 0.3 is 5.97 Å². The smallest absolute Gasteiger partial charge is 0.307 e. The highest BCUT2D eigenvalue weighted by atomic mass is 16.5. The topological polar surface area (TPSA) is 94.3 Å². The number of carbonyl (C=O) groups excluding carboxylic acids is 2. The molecule has 0 radical (unpaired) electrons. The average molecular weight is 371 g/mol. The highest BCUT2D eigenvalue weighted by molar-refractivity contribution is 5.83. The summed E-state index contributed by atoms with van der Waals surface area (Å²) in [6.45, 7) is 3.59. The summed E-state index contributed by atoms with van der Waals surface area (Å²) >= 11 is 0. The van der Waals surface area contributed by atoms with Crippen molar-refractivity contribution in [3.05, 3.63) is 35.7 Å². The summed E-state index contributed by atoms with van der Waals surface area (Å²) in [5.74, 6) is 0.155. The van der Waals surface area contributed by atoms with Crippen LogP contribution in [0.2, 0.25) is 0 Å². The van der Waals surface area contributed by atoms with Crippen molar-refractivity contribution in [1.82, 2.24) is 15.5 Å². The van der Waals surface area contributed by atoms with Crippen LogP contribution in [-0.2, 0) is 20.7 Å². The molecule has 1 atom stereocenters. The van der Waals surface area contributed by atoms with Gasteiger partial charge in [-0.2, -0.15) is 4.98 Å². The SMILES string of the molecule is Cc1ccc(-c2noc(CCC(=O)OC(C)C(=O)NC3CCCC3)n2)cc1. The van der Waals surface area contributed by atoms with Gasteiger partial charge in [-0.25, -0.2) is 0 Å². The molecule has 1 N–H and O–H groups in total. The Morgan fingerprint density at radius 3 is 2.67 bits per heavy atom. The molecule has 1 heterocycles. The minimum absolute atomic E-state index is 0.0799. The highest BCUT2D eigenvalue weighted by Crippen LogP contribution is 2.18. The number of carbonyl (C=O) groups is 2. The Bertz CT molecular complexity index is 779. The van der Waals surface area contributed by atoms with Gasteiger partial charge in [0.25, 0.3) is 5.91 Å². The lowest BCUT2D eigenvalue weighted by molar-refractivity contribution is -0.155. The third kappa shape index (κ3) is 5.39. The number of aryl methyl sites for hydroxylation is 2. The average Bonchev–Trinajstić information content (AvgIpc) is 3.32. The van der Waals surface area contributed by atoms with E-state index in [1.54, 1.807) is 6.92 Å². The zero-order chi connectivity index (χ0) is 19.2. The maximum Gasteiger partial charge on any atom is 0.307 e. The minimum atomic E-state index is -0.802. The number of aromatic nitrogens is 2. The van der Waals surface area contributed by atoms with E-state index in [0.717, 1.165) is 36.8 Å². The van der Waals surface area contributed by atoms with Gasteiger partial charge in [-0.05, 0) is 26.7 Å².